The lowest BCUT2D eigenvalue weighted by Gasteiger charge is -2.30. The van der Waals surface area contributed by atoms with Gasteiger partial charge in [0.25, 0.3) is 5.91 Å². The van der Waals surface area contributed by atoms with Crippen molar-refractivity contribution in [3.05, 3.63) is 60.2 Å². The van der Waals surface area contributed by atoms with Crippen molar-refractivity contribution in [2.45, 2.75) is 59.7 Å². The summed E-state index contributed by atoms with van der Waals surface area (Å²) in [6, 6.07) is 11.1. The molecule has 0 saturated heterocycles. The highest BCUT2D eigenvalue weighted by atomic mass is 16.2. The number of anilines is 1. The average Bonchev–Trinajstić information content (AvgIpc) is 3.05. The standard InChI is InChI=1S/C26H32N6O2/c1-5-20(33)22(26(2,3)4)30-24(34)21-19-17-31(25-27-13-9-14-28-25)15-10-16-32(19)23(29-21)18-11-7-6-8-12-18/h6-9,11-14,22H,5,10,15-17H2,1-4H3,(H,30,34)/t22-/m1/s1. The molecule has 0 unspecified atom stereocenters. The minimum absolute atomic E-state index is 0.00810. The number of Topliss-reactive ketones (excluding diaryl/α,β-unsaturated/α-hetero) is 1. The lowest BCUT2D eigenvalue weighted by atomic mass is 9.83. The number of carbonyl (C=O) groups is 2. The molecule has 8 nitrogen and oxygen atoms in total. The molecule has 2 aromatic heterocycles. The SMILES string of the molecule is CCC(=O)[C@@H](NC(=O)c1nc(-c2ccccc2)n2c1CN(c1ncccn1)CCC2)C(C)(C)C. The van der Waals surface area contributed by atoms with Crippen molar-refractivity contribution in [3.63, 3.8) is 0 Å². The van der Waals surface area contributed by atoms with E-state index in [2.05, 4.69) is 24.8 Å². The van der Waals surface area contributed by atoms with Gasteiger partial charge in [-0.3, -0.25) is 9.59 Å². The first-order valence-electron chi connectivity index (χ1n) is 11.8. The predicted octanol–water partition coefficient (Wildman–Crippen LogP) is 3.87. The minimum atomic E-state index is -0.595. The lowest BCUT2D eigenvalue weighted by Crippen LogP contribution is -2.49. The van der Waals surface area contributed by atoms with E-state index in [0.29, 0.717) is 24.6 Å². The summed E-state index contributed by atoms with van der Waals surface area (Å²) in [6.45, 7) is 9.64. The molecule has 1 aromatic carbocycles. The Kier molecular flexibility index (Phi) is 6.77. The Morgan fingerprint density at radius 1 is 1.06 bits per heavy atom. The molecule has 0 fully saturated rings. The van der Waals surface area contributed by atoms with Crippen LogP contribution in [0, 0.1) is 5.41 Å². The van der Waals surface area contributed by atoms with Crippen LogP contribution in [0.5, 0.6) is 0 Å². The molecule has 1 aliphatic rings. The number of benzene rings is 1. The van der Waals surface area contributed by atoms with Gasteiger partial charge in [0.15, 0.2) is 11.5 Å². The molecule has 34 heavy (non-hydrogen) atoms. The van der Waals surface area contributed by atoms with Gasteiger partial charge in [0, 0.05) is 37.5 Å². The Labute approximate surface area is 200 Å². The number of rotatable bonds is 6. The first kappa shape index (κ1) is 23.6. The molecule has 3 aromatic rings. The van der Waals surface area contributed by atoms with E-state index in [0.717, 1.165) is 36.6 Å². The summed E-state index contributed by atoms with van der Waals surface area (Å²) in [4.78, 5) is 42.0. The number of hydrogen-bond acceptors (Lipinski definition) is 6. The molecule has 1 atom stereocenters. The van der Waals surface area contributed by atoms with Gasteiger partial charge in [-0.15, -0.1) is 0 Å². The Morgan fingerprint density at radius 2 is 1.76 bits per heavy atom. The van der Waals surface area contributed by atoms with Crippen LogP contribution >= 0.6 is 0 Å². The van der Waals surface area contributed by atoms with E-state index < -0.39 is 11.5 Å². The van der Waals surface area contributed by atoms with E-state index in [1.165, 1.54) is 0 Å². The topological polar surface area (TPSA) is 93.0 Å². The van der Waals surface area contributed by atoms with Crippen molar-refractivity contribution in [1.82, 2.24) is 24.8 Å². The molecule has 0 bridgehead atoms. The Hall–Kier alpha value is -3.55. The van der Waals surface area contributed by atoms with Crippen molar-refractivity contribution in [3.8, 4) is 11.4 Å². The Morgan fingerprint density at radius 3 is 2.41 bits per heavy atom. The van der Waals surface area contributed by atoms with Crippen LogP contribution in [-0.2, 0) is 17.9 Å². The largest absolute Gasteiger partial charge is 0.340 e. The summed E-state index contributed by atoms with van der Waals surface area (Å²) in [6.07, 6.45) is 4.66. The molecular weight excluding hydrogens is 428 g/mol. The average molecular weight is 461 g/mol. The molecule has 4 rings (SSSR count). The van der Waals surface area contributed by atoms with Crippen LogP contribution in [0.3, 0.4) is 0 Å². The fraction of sp³-hybridized carbons (Fsp3) is 0.423. The lowest BCUT2D eigenvalue weighted by molar-refractivity contribution is -0.122. The second-order valence-electron chi connectivity index (χ2n) is 9.66. The van der Waals surface area contributed by atoms with Gasteiger partial charge in [0.1, 0.15) is 5.82 Å². The van der Waals surface area contributed by atoms with Crippen molar-refractivity contribution < 1.29 is 9.59 Å². The third-order valence-corrected chi connectivity index (χ3v) is 6.12. The highest BCUT2D eigenvalue weighted by Gasteiger charge is 2.34. The Balaban J connectivity index is 1.77. The van der Waals surface area contributed by atoms with Gasteiger partial charge in [-0.2, -0.15) is 0 Å². The van der Waals surface area contributed by atoms with Gasteiger partial charge in [-0.1, -0.05) is 58.0 Å². The highest BCUT2D eigenvalue weighted by molar-refractivity contribution is 5.98. The fourth-order valence-electron chi connectivity index (χ4n) is 4.37. The van der Waals surface area contributed by atoms with Gasteiger partial charge in [0.2, 0.25) is 5.95 Å². The number of imidazole rings is 1. The maximum absolute atomic E-state index is 13.6. The van der Waals surface area contributed by atoms with E-state index in [-0.39, 0.29) is 11.7 Å². The van der Waals surface area contributed by atoms with Crippen molar-refractivity contribution in [1.29, 1.82) is 0 Å². The van der Waals surface area contributed by atoms with Gasteiger partial charge < -0.3 is 14.8 Å². The summed E-state index contributed by atoms with van der Waals surface area (Å²) in [7, 11) is 0. The third-order valence-electron chi connectivity index (χ3n) is 6.12. The van der Waals surface area contributed by atoms with Crippen LogP contribution in [0.4, 0.5) is 5.95 Å². The molecule has 0 saturated carbocycles. The molecular formula is C26H32N6O2. The van der Waals surface area contributed by atoms with Crippen molar-refractivity contribution in [2.24, 2.45) is 5.41 Å². The molecule has 0 aliphatic carbocycles. The van der Waals surface area contributed by atoms with Gasteiger partial charge in [-0.25, -0.2) is 15.0 Å². The maximum Gasteiger partial charge on any atom is 0.272 e. The number of nitrogens with zero attached hydrogens (tertiary/aromatic N) is 5. The first-order valence-corrected chi connectivity index (χ1v) is 11.8. The van der Waals surface area contributed by atoms with Crippen LogP contribution < -0.4 is 10.2 Å². The van der Waals surface area contributed by atoms with E-state index in [1.54, 1.807) is 18.5 Å². The third kappa shape index (κ3) is 4.85. The number of fused-ring (bicyclic) bond motifs is 1. The number of hydrogen-bond donors (Lipinski definition) is 1. The van der Waals surface area contributed by atoms with Crippen LogP contribution in [-0.4, -0.2) is 43.8 Å². The molecule has 0 spiro atoms. The Bertz CT molecular complexity index is 1150. The number of aromatic nitrogens is 4. The van der Waals surface area contributed by atoms with Crippen molar-refractivity contribution >= 4 is 17.6 Å². The van der Waals surface area contributed by atoms with Crippen LogP contribution in [0.1, 0.15) is 56.7 Å². The smallest absolute Gasteiger partial charge is 0.272 e. The zero-order valence-corrected chi connectivity index (χ0v) is 20.3. The number of ketones is 1. The zero-order valence-electron chi connectivity index (χ0n) is 20.3. The van der Waals surface area contributed by atoms with Crippen LogP contribution in [0.2, 0.25) is 0 Å². The van der Waals surface area contributed by atoms with Gasteiger partial charge >= 0.3 is 0 Å². The number of amides is 1. The van der Waals surface area contributed by atoms with E-state index in [9.17, 15) is 9.59 Å². The normalized spacial score (nSPS) is 14.8. The first-order chi connectivity index (χ1) is 16.3. The van der Waals surface area contributed by atoms with E-state index >= 15 is 0 Å². The summed E-state index contributed by atoms with van der Waals surface area (Å²) in [5.41, 5.74) is 1.69. The quantitative estimate of drug-likeness (QED) is 0.600. The summed E-state index contributed by atoms with van der Waals surface area (Å²) < 4.78 is 2.13. The summed E-state index contributed by atoms with van der Waals surface area (Å²) >= 11 is 0. The fourth-order valence-corrected chi connectivity index (χ4v) is 4.37. The minimum Gasteiger partial charge on any atom is -0.340 e. The molecule has 1 N–H and O–H groups in total. The van der Waals surface area contributed by atoms with Crippen LogP contribution in [0.15, 0.2) is 48.8 Å². The van der Waals surface area contributed by atoms with E-state index in [4.69, 9.17) is 4.98 Å². The molecule has 8 heteroatoms. The second-order valence-corrected chi connectivity index (χ2v) is 9.66. The predicted molar refractivity (Wildman–Crippen MR) is 131 cm³/mol. The zero-order chi connectivity index (χ0) is 24.3. The molecule has 3 heterocycles. The molecule has 0 radical (unpaired) electrons. The summed E-state index contributed by atoms with van der Waals surface area (Å²) in [5, 5.41) is 3.00. The molecule has 1 aliphatic heterocycles. The highest BCUT2D eigenvalue weighted by Crippen LogP contribution is 2.28. The second kappa shape index (κ2) is 9.75. The number of carbonyl (C=O) groups excluding carboxylic acids is 2. The molecule has 178 valence electrons. The van der Waals surface area contributed by atoms with E-state index in [1.807, 2.05) is 58.0 Å². The van der Waals surface area contributed by atoms with Crippen LogP contribution in [0.25, 0.3) is 11.4 Å². The van der Waals surface area contributed by atoms with Gasteiger partial charge in [0.05, 0.1) is 18.3 Å². The number of nitrogens with one attached hydrogen (secondary N) is 1. The van der Waals surface area contributed by atoms with Crippen molar-refractivity contribution in [2.75, 3.05) is 11.4 Å². The van der Waals surface area contributed by atoms with Gasteiger partial charge in [-0.05, 0) is 17.9 Å². The summed E-state index contributed by atoms with van der Waals surface area (Å²) in [5.74, 6) is 1.06. The maximum atomic E-state index is 13.6. The monoisotopic (exact) mass is 460 g/mol. The molecule has 1 amide bonds.